The highest BCUT2D eigenvalue weighted by molar-refractivity contribution is 5.92. The minimum Gasteiger partial charge on any atom is -0.325 e. The van der Waals surface area contributed by atoms with Crippen molar-refractivity contribution in [1.29, 1.82) is 0 Å². The molecule has 2 heterocycles. The molecule has 110 valence electrons. The van der Waals surface area contributed by atoms with Crippen LogP contribution in [0, 0.1) is 0 Å². The van der Waals surface area contributed by atoms with Crippen molar-refractivity contribution in [2.45, 2.75) is 0 Å². The number of nitrogens with zero attached hydrogens (tertiary/aromatic N) is 2. The molecule has 1 aliphatic rings. The number of hydrogen-bond donors (Lipinski definition) is 2. The zero-order valence-electron chi connectivity index (χ0n) is 10.4. The Morgan fingerprint density at radius 3 is 2.37 bits per heavy atom. The summed E-state index contributed by atoms with van der Waals surface area (Å²) in [5.74, 6) is 0.0353. The number of hydrogen-bond acceptors (Lipinski definition) is 4. The molecule has 0 aromatic carbocycles. The lowest BCUT2D eigenvalue weighted by atomic mass is 10.3. The Kier molecular flexibility index (Phi) is 12.3. The number of carbonyl (C=O) groups excluding carboxylic acids is 1. The van der Waals surface area contributed by atoms with Crippen LogP contribution in [-0.4, -0.2) is 48.5 Å². The van der Waals surface area contributed by atoms with Crippen molar-refractivity contribution in [3.8, 4) is 0 Å². The first-order chi connectivity index (χ1) is 7.84. The number of anilines is 1. The van der Waals surface area contributed by atoms with Gasteiger partial charge < -0.3 is 10.6 Å². The molecule has 0 unspecified atom stereocenters. The molecule has 0 atom stereocenters. The van der Waals surface area contributed by atoms with Crippen LogP contribution in [0.5, 0.6) is 0 Å². The van der Waals surface area contributed by atoms with E-state index in [1.54, 1.807) is 24.5 Å². The Balaban J connectivity index is 0. The molecule has 1 amide bonds. The minimum atomic E-state index is 0. The summed E-state index contributed by atoms with van der Waals surface area (Å²) in [5.41, 5.74) is 0.801. The quantitative estimate of drug-likeness (QED) is 0.875. The summed E-state index contributed by atoms with van der Waals surface area (Å²) >= 11 is 0. The van der Waals surface area contributed by atoms with E-state index in [2.05, 4.69) is 20.5 Å². The molecule has 5 nitrogen and oxygen atoms in total. The number of nitrogens with one attached hydrogen (secondary N) is 2. The second kappa shape index (κ2) is 11.3. The third-order valence-corrected chi connectivity index (χ3v) is 2.54. The largest absolute Gasteiger partial charge is 0.325 e. The molecule has 1 saturated heterocycles. The smallest absolute Gasteiger partial charge is 0.238 e. The summed E-state index contributed by atoms with van der Waals surface area (Å²) in [5, 5.41) is 6.10. The average Bonchev–Trinajstić information content (AvgIpc) is 2.31. The highest BCUT2D eigenvalue weighted by atomic mass is 35.5. The zero-order valence-corrected chi connectivity index (χ0v) is 12.8. The monoisotopic (exact) mass is 328 g/mol. The molecule has 1 fully saturated rings. The molecule has 1 aromatic heterocycles. The fourth-order valence-corrected chi connectivity index (χ4v) is 1.71. The number of piperazine rings is 1. The van der Waals surface area contributed by atoms with Crippen molar-refractivity contribution in [2.75, 3.05) is 38.0 Å². The predicted octanol–water partition coefficient (Wildman–Crippen LogP) is 1.19. The van der Waals surface area contributed by atoms with Gasteiger partial charge in [0, 0.05) is 44.3 Å². The van der Waals surface area contributed by atoms with E-state index in [1.165, 1.54) is 0 Å². The molecule has 0 saturated carbocycles. The first-order valence-electron chi connectivity index (χ1n) is 5.47. The first kappa shape index (κ1) is 20.7. The van der Waals surface area contributed by atoms with E-state index in [0.29, 0.717) is 6.54 Å². The highest BCUT2D eigenvalue weighted by Gasteiger charge is 2.13. The standard InChI is InChI=1S/C11H16N4O.3ClH/c16-11(9-15-7-5-13-6-8-15)14-10-1-3-12-4-2-10;;;/h1-4,13H,5-9H2,(H,12,14,16);3*1H. The summed E-state index contributed by atoms with van der Waals surface area (Å²) in [4.78, 5) is 17.7. The molecule has 0 bridgehead atoms. The predicted molar refractivity (Wildman–Crippen MR) is 83.9 cm³/mol. The highest BCUT2D eigenvalue weighted by Crippen LogP contribution is 2.03. The van der Waals surface area contributed by atoms with Gasteiger partial charge in [-0.25, -0.2) is 0 Å². The maximum Gasteiger partial charge on any atom is 0.238 e. The summed E-state index contributed by atoms with van der Waals surface area (Å²) in [6, 6.07) is 3.57. The lowest BCUT2D eigenvalue weighted by Gasteiger charge is -2.26. The molecular weight excluding hydrogens is 311 g/mol. The van der Waals surface area contributed by atoms with Crippen LogP contribution >= 0.6 is 37.2 Å². The molecule has 8 heteroatoms. The van der Waals surface area contributed by atoms with E-state index in [4.69, 9.17) is 0 Å². The topological polar surface area (TPSA) is 57.3 Å². The fourth-order valence-electron chi connectivity index (χ4n) is 1.71. The normalized spacial score (nSPS) is 14.3. The molecule has 1 aromatic rings. The number of amides is 1. The van der Waals surface area contributed by atoms with Gasteiger partial charge in [0.2, 0.25) is 5.91 Å². The number of carbonyl (C=O) groups is 1. The Labute approximate surface area is 131 Å². The van der Waals surface area contributed by atoms with Gasteiger partial charge in [-0.2, -0.15) is 0 Å². The van der Waals surface area contributed by atoms with Crippen LogP contribution in [0.3, 0.4) is 0 Å². The van der Waals surface area contributed by atoms with E-state index in [0.717, 1.165) is 31.9 Å². The van der Waals surface area contributed by atoms with Crippen LogP contribution in [0.1, 0.15) is 0 Å². The second-order valence-electron chi connectivity index (χ2n) is 3.81. The number of rotatable bonds is 3. The molecule has 0 spiro atoms. The van der Waals surface area contributed by atoms with Crippen molar-refractivity contribution in [3.05, 3.63) is 24.5 Å². The van der Waals surface area contributed by atoms with E-state index >= 15 is 0 Å². The minimum absolute atomic E-state index is 0. The fraction of sp³-hybridized carbons (Fsp3) is 0.455. The number of aromatic nitrogens is 1. The molecule has 19 heavy (non-hydrogen) atoms. The lowest BCUT2D eigenvalue weighted by molar-refractivity contribution is -0.117. The Morgan fingerprint density at radius 2 is 1.79 bits per heavy atom. The van der Waals surface area contributed by atoms with E-state index in [-0.39, 0.29) is 43.1 Å². The Bertz CT molecular complexity index is 347. The van der Waals surface area contributed by atoms with Gasteiger partial charge in [0.15, 0.2) is 0 Å². The number of pyridine rings is 1. The first-order valence-corrected chi connectivity index (χ1v) is 5.47. The maximum atomic E-state index is 11.7. The summed E-state index contributed by atoms with van der Waals surface area (Å²) < 4.78 is 0. The summed E-state index contributed by atoms with van der Waals surface area (Å²) in [7, 11) is 0. The van der Waals surface area contributed by atoms with E-state index in [9.17, 15) is 4.79 Å². The van der Waals surface area contributed by atoms with E-state index < -0.39 is 0 Å². The third-order valence-electron chi connectivity index (χ3n) is 2.54. The van der Waals surface area contributed by atoms with Crippen LogP contribution in [0.4, 0.5) is 5.69 Å². The van der Waals surface area contributed by atoms with Gasteiger partial charge in [0.05, 0.1) is 6.54 Å². The van der Waals surface area contributed by atoms with Crippen LogP contribution in [0.15, 0.2) is 24.5 Å². The van der Waals surface area contributed by atoms with Crippen molar-refractivity contribution in [2.24, 2.45) is 0 Å². The second-order valence-corrected chi connectivity index (χ2v) is 3.81. The van der Waals surface area contributed by atoms with Gasteiger partial charge in [-0.3, -0.25) is 14.7 Å². The molecule has 0 aliphatic carbocycles. The SMILES string of the molecule is Cl.Cl.Cl.O=C(CN1CCNCC1)Nc1ccncc1. The molecule has 2 N–H and O–H groups in total. The van der Waals surface area contributed by atoms with Crippen LogP contribution in [0.25, 0.3) is 0 Å². The molecule has 0 radical (unpaired) electrons. The average molecular weight is 330 g/mol. The number of halogens is 3. The third kappa shape index (κ3) is 7.54. The molecular formula is C11H19Cl3N4O. The summed E-state index contributed by atoms with van der Waals surface area (Å²) in [6.07, 6.45) is 3.33. The van der Waals surface area contributed by atoms with Crippen molar-refractivity contribution in [1.82, 2.24) is 15.2 Å². The van der Waals surface area contributed by atoms with Gasteiger partial charge in [-0.05, 0) is 12.1 Å². The van der Waals surface area contributed by atoms with Crippen LogP contribution < -0.4 is 10.6 Å². The molecule has 2 rings (SSSR count). The van der Waals surface area contributed by atoms with Crippen molar-refractivity contribution < 1.29 is 4.79 Å². The lowest BCUT2D eigenvalue weighted by Crippen LogP contribution is -2.46. The van der Waals surface area contributed by atoms with Gasteiger partial charge in [0.1, 0.15) is 0 Å². The van der Waals surface area contributed by atoms with Crippen molar-refractivity contribution >= 4 is 48.8 Å². The summed E-state index contributed by atoms with van der Waals surface area (Å²) in [6.45, 7) is 4.25. The Hall–Kier alpha value is -0.590. The van der Waals surface area contributed by atoms with Crippen LogP contribution in [0.2, 0.25) is 0 Å². The Morgan fingerprint density at radius 1 is 1.21 bits per heavy atom. The van der Waals surface area contributed by atoms with Gasteiger partial charge in [-0.1, -0.05) is 0 Å². The van der Waals surface area contributed by atoms with Gasteiger partial charge in [-0.15, -0.1) is 37.2 Å². The molecule has 1 aliphatic heterocycles. The zero-order chi connectivity index (χ0) is 11.2. The van der Waals surface area contributed by atoms with Crippen LogP contribution in [-0.2, 0) is 4.79 Å². The van der Waals surface area contributed by atoms with E-state index in [1.807, 2.05) is 0 Å². The maximum absolute atomic E-state index is 11.7. The van der Waals surface area contributed by atoms with Crippen molar-refractivity contribution in [3.63, 3.8) is 0 Å². The van der Waals surface area contributed by atoms with Gasteiger partial charge >= 0.3 is 0 Å². The van der Waals surface area contributed by atoms with Gasteiger partial charge in [0.25, 0.3) is 0 Å².